The standard InChI is InChI=1S/C19H25N5O3/c20-5-6-22-18(25)14-3-4-15(16(21)12-14)13-23-7-9-24(10-8-23)19(26)17-2-1-11-27-17/h1-4,11-12H,5-10,13,20-21H2,(H,22,25). The van der Waals surface area contributed by atoms with E-state index < -0.39 is 0 Å². The van der Waals surface area contributed by atoms with Gasteiger partial charge >= 0.3 is 0 Å². The number of nitrogens with one attached hydrogen (secondary N) is 1. The van der Waals surface area contributed by atoms with E-state index in [9.17, 15) is 9.59 Å². The van der Waals surface area contributed by atoms with E-state index in [1.54, 1.807) is 29.2 Å². The smallest absolute Gasteiger partial charge is 0.289 e. The maximum absolute atomic E-state index is 12.3. The van der Waals surface area contributed by atoms with Crippen LogP contribution in [0.15, 0.2) is 41.0 Å². The molecule has 1 aromatic heterocycles. The number of benzene rings is 1. The maximum Gasteiger partial charge on any atom is 0.289 e. The van der Waals surface area contributed by atoms with Crippen molar-refractivity contribution < 1.29 is 14.0 Å². The highest BCUT2D eigenvalue weighted by Crippen LogP contribution is 2.18. The maximum atomic E-state index is 12.3. The third-order valence-electron chi connectivity index (χ3n) is 4.62. The number of hydrogen-bond acceptors (Lipinski definition) is 6. The van der Waals surface area contributed by atoms with E-state index in [4.69, 9.17) is 15.9 Å². The van der Waals surface area contributed by atoms with Crippen LogP contribution in [0, 0.1) is 0 Å². The number of amides is 2. The van der Waals surface area contributed by atoms with Gasteiger partial charge < -0.3 is 26.1 Å². The van der Waals surface area contributed by atoms with Crippen molar-refractivity contribution >= 4 is 17.5 Å². The lowest BCUT2D eigenvalue weighted by atomic mass is 10.1. The molecule has 0 radical (unpaired) electrons. The van der Waals surface area contributed by atoms with Gasteiger partial charge in [-0.1, -0.05) is 6.07 Å². The quantitative estimate of drug-likeness (QED) is 0.637. The van der Waals surface area contributed by atoms with Gasteiger partial charge in [0.25, 0.3) is 11.8 Å². The molecule has 0 bridgehead atoms. The van der Waals surface area contributed by atoms with Gasteiger partial charge in [-0.25, -0.2) is 0 Å². The molecule has 3 rings (SSSR count). The number of carbonyl (C=O) groups excluding carboxylic acids is 2. The van der Waals surface area contributed by atoms with E-state index in [0.717, 1.165) is 18.7 Å². The monoisotopic (exact) mass is 371 g/mol. The molecule has 1 aromatic carbocycles. The number of piperazine rings is 1. The molecule has 1 aliphatic heterocycles. The van der Waals surface area contributed by atoms with Gasteiger partial charge in [-0.05, 0) is 29.8 Å². The molecule has 1 aliphatic rings. The van der Waals surface area contributed by atoms with Gasteiger partial charge in [0.2, 0.25) is 0 Å². The Bertz CT molecular complexity index is 783. The molecule has 8 nitrogen and oxygen atoms in total. The lowest BCUT2D eigenvalue weighted by Crippen LogP contribution is -2.48. The number of rotatable bonds is 6. The Balaban J connectivity index is 1.54. The van der Waals surface area contributed by atoms with Crippen LogP contribution in [0.3, 0.4) is 0 Å². The van der Waals surface area contributed by atoms with Crippen LogP contribution in [-0.2, 0) is 6.54 Å². The first-order valence-electron chi connectivity index (χ1n) is 9.00. The van der Waals surface area contributed by atoms with E-state index in [1.807, 2.05) is 6.07 Å². The molecular weight excluding hydrogens is 346 g/mol. The van der Waals surface area contributed by atoms with Gasteiger partial charge in [0.05, 0.1) is 6.26 Å². The van der Waals surface area contributed by atoms with Crippen LogP contribution in [0.5, 0.6) is 0 Å². The first kappa shape index (κ1) is 18.9. The Kier molecular flexibility index (Phi) is 6.10. The molecule has 0 saturated carbocycles. The van der Waals surface area contributed by atoms with Gasteiger partial charge in [-0.15, -0.1) is 0 Å². The molecular formula is C19H25N5O3. The molecule has 5 N–H and O–H groups in total. The topological polar surface area (TPSA) is 118 Å². The summed E-state index contributed by atoms with van der Waals surface area (Å²) in [4.78, 5) is 28.3. The van der Waals surface area contributed by atoms with E-state index in [-0.39, 0.29) is 11.8 Å². The predicted molar refractivity (Wildman–Crippen MR) is 102 cm³/mol. The first-order chi connectivity index (χ1) is 13.1. The van der Waals surface area contributed by atoms with Gasteiger partial charge in [0.1, 0.15) is 0 Å². The Morgan fingerprint density at radius 1 is 1.15 bits per heavy atom. The minimum atomic E-state index is -0.177. The van der Waals surface area contributed by atoms with E-state index >= 15 is 0 Å². The van der Waals surface area contributed by atoms with Gasteiger partial charge in [0.15, 0.2) is 5.76 Å². The third kappa shape index (κ3) is 4.66. The van der Waals surface area contributed by atoms with E-state index in [0.29, 0.717) is 49.7 Å². The number of hydrogen-bond donors (Lipinski definition) is 3. The van der Waals surface area contributed by atoms with Gasteiger partial charge in [0, 0.05) is 57.1 Å². The first-order valence-corrected chi connectivity index (χ1v) is 9.00. The average Bonchev–Trinajstić information content (AvgIpc) is 3.22. The molecule has 0 aliphatic carbocycles. The number of nitrogens with two attached hydrogens (primary N) is 2. The summed E-state index contributed by atoms with van der Waals surface area (Å²) in [6, 6.07) is 8.74. The number of furan rings is 1. The number of carbonyl (C=O) groups is 2. The van der Waals surface area contributed by atoms with Gasteiger partial charge in [-0.2, -0.15) is 0 Å². The van der Waals surface area contributed by atoms with Gasteiger partial charge in [-0.3, -0.25) is 14.5 Å². The molecule has 1 fully saturated rings. The van der Waals surface area contributed by atoms with Crippen LogP contribution in [-0.4, -0.2) is 60.9 Å². The van der Waals surface area contributed by atoms with E-state index in [1.165, 1.54) is 6.26 Å². The van der Waals surface area contributed by atoms with Crippen molar-refractivity contribution in [3.63, 3.8) is 0 Å². The number of anilines is 1. The number of nitrogens with zero attached hydrogens (tertiary/aromatic N) is 2. The highest BCUT2D eigenvalue weighted by atomic mass is 16.3. The van der Waals surface area contributed by atoms with Crippen molar-refractivity contribution in [1.29, 1.82) is 0 Å². The second-order valence-electron chi connectivity index (χ2n) is 6.50. The second-order valence-corrected chi connectivity index (χ2v) is 6.50. The van der Waals surface area contributed by atoms with Crippen LogP contribution in [0.1, 0.15) is 26.5 Å². The number of nitrogen functional groups attached to an aromatic ring is 1. The fourth-order valence-electron chi connectivity index (χ4n) is 3.07. The van der Waals surface area contributed by atoms with Crippen LogP contribution in [0.25, 0.3) is 0 Å². The molecule has 2 heterocycles. The predicted octanol–water partition coefficient (Wildman–Crippen LogP) is 0.508. The summed E-state index contributed by atoms with van der Waals surface area (Å²) in [6.07, 6.45) is 1.51. The summed E-state index contributed by atoms with van der Waals surface area (Å²) in [5.41, 5.74) is 13.6. The summed E-state index contributed by atoms with van der Waals surface area (Å²) >= 11 is 0. The fraction of sp³-hybridized carbons (Fsp3) is 0.368. The summed E-state index contributed by atoms with van der Waals surface area (Å²) in [5, 5.41) is 2.73. The summed E-state index contributed by atoms with van der Waals surface area (Å²) in [7, 11) is 0. The van der Waals surface area contributed by atoms with Crippen molar-refractivity contribution in [3.8, 4) is 0 Å². The molecule has 144 valence electrons. The molecule has 1 saturated heterocycles. The van der Waals surface area contributed by atoms with Crippen LogP contribution in [0.4, 0.5) is 5.69 Å². The Morgan fingerprint density at radius 3 is 2.56 bits per heavy atom. The van der Waals surface area contributed by atoms with Crippen molar-refractivity contribution in [2.45, 2.75) is 6.54 Å². The highest BCUT2D eigenvalue weighted by molar-refractivity contribution is 5.95. The minimum Gasteiger partial charge on any atom is -0.459 e. The zero-order chi connectivity index (χ0) is 19.2. The third-order valence-corrected chi connectivity index (χ3v) is 4.62. The van der Waals surface area contributed by atoms with Crippen molar-refractivity contribution in [2.24, 2.45) is 5.73 Å². The Hall–Kier alpha value is -2.84. The van der Waals surface area contributed by atoms with Crippen LogP contribution in [0.2, 0.25) is 0 Å². The van der Waals surface area contributed by atoms with Crippen molar-refractivity contribution in [2.75, 3.05) is 45.0 Å². The largest absolute Gasteiger partial charge is 0.459 e. The molecule has 2 aromatic rings. The molecule has 27 heavy (non-hydrogen) atoms. The normalized spacial score (nSPS) is 14.9. The minimum absolute atomic E-state index is 0.0768. The van der Waals surface area contributed by atoms with Crippen LogP contribution >= 0.6 is 0 Å². The average molecular weight is 371 g/mol. The lowest BCUT2D eigenvalue weighted by molar-refractivity contribution is 0.0598. The van der Waals surface area contributed by atoms with E-state index in [2.05, 4.69) is 10.2 Å². The molecule has 0 spiro atoms. The van der Waals surface area contributed by atoms with Crippen LogP contribution < -0.4 is 16.8 Å². The Labute approximate surface area is 158 Å². The molecule has 0 unspecified atom stereocenters. The SMILES string of the molecule is NCCNC(=O)c1ccc(CN2CCN(C(=O)c3ccco3)CC2)c(N)c1. The fourth-order valence-corrected chi connectivity index (χ4v) is 3.07. The zero-order valence-corrected chi connectivity index (χ0v) is 15.2. The second kappa shape index (κ2) is 8.70. The molecule has 2 amide bonds. The van der Waals surface area contributed by atoms with Crippen molar-refractivity contribution in [3.05, 3.63) is 53.5 Å². The Morgan fingerprint density at radius 2 is 1.93 bits per heavy atom. The lowest BCUT2D eigenvalue weighted by Gasteiger charge is -2.34. The summed E-state index contributed by atoms with van der Waals surface area (Å²) < 4.78 is 5.18. The highest BCUT2D eigenvalue weighted by Gasteiger charge is 2.24. The molecule has 0 atom stereocenters. The summed E-state index contributed by atoms with van der Waals surface area (Å²) in [6.45, 7) is 4.29. The molecule has 8 heteroatoms. The summed E-state index contributed by atoms with van der Waals surface area (Å²) in [5.74, 6) is 0.118. The van der Waals surface area contributed by atoms with Crippen molar-refractivity contribution in [1.82, 2.24) is 15.1 Å². The zero-order valence-electron chi connectivity index (χ0n) is 15.2.